The van der Waals surface area contributed by atoms with E-state index in [-0.39, 0.29) is 0 Å². The Morgan fingerprint density at radius 3 is 2.44 bits per heavy atom. The fraction of sp³-hybridized carbons (Fsp3) is 0.667. The van der Waals surface area contributed by atoms with E-state index in [1.54, 1.807) is 16.4 Å². The van der Waals surface area contributed by atoms with Crippen molar-refractivity contribution in [2.24, 2.45) is 11.8 Å². The molecule has 3 fully saturated rings. The standard InChI is InChI=1S/C12H15NO3S2/c14-18(15,12-2-1-5-17-12)13-6-8-9(7-13)11-4-3-10(8)16-11/h1-2,5,8-11H,3-4,6-7H2. The SMILES string of the molecule is O=S(=O)(c1cccs1)N1CC2C3CCC(O3)C2C1. The molecule has 0 saturated carbocycles. The molecule has 0 radical (unpaired) electrons. The predicted molar refractivity (Wildman–Crippen MR) is 68.0 cm³/mol. The molecule has 1 aromatic heterocycles. The number of thiophene rings is 1. The quantitative estimate of drug-likeness (QED) is 0.828. The van der Waals surface area contributed by atoms with Gasteiger partial charge >= 0.3 is 0 Å². The molecule has 0 spiro atoms. The van der Waals surface area contributed by atoms with E-state index >= 15 is 0 Å². The minimum Gasteiger partial charge on any atom is -0.374 e. The third-order valence-electron chi connectivity index (χ3n) is 4.51. The summed E-state index contributed by atoms with van der Waals surface area (Å²) in [5.41, 5.74) is 0. The lowest BCUT2D eigenvalue weighted by Gasteiger charge is -2.18. The summed E-state index contributed by atoms with van der Waals surface area (Å²) in [6, 6.07) is 3.49. The molecule has 0 amide bonds. The number of fused-ring (bicyclic) bond motifs is 5. The van der Waals surface area contributed by atoms with Gasteiger partial charge in [0.05, 0.1) is 12.2 Å². The van der Waals surface area contributed by atoms with Crippen LogP contribution in [-0.2, 0) is 14.8 Å². The van der Waals surface area contributed by atoms with Gasteiger partial charge in [0.1, 0.15) is 4.21 Å². The maximum atomic E-state index is 12.5. The summed E-state index contributed by atoms with van der Waals surface area (Å²) >= 11 is 1.30. The van der Waals surface area contributed by atoms with E-state index in [1.807, 2.05) is 5.38 Å². The Morgan fingerprint density at radius 2 is 1.89 bits per heavy atom. The molecule has 2 bridgehead atoms. The van der Waals surface area contributed by atoms with E-state index in [9.17, 15) is 8.42 Å². The molecule has 1 aromatic rings. The Balaban J connectivity index is 1.62. The average molecular weight is 285 g/mol. The summed E-state index contributed by atoms with van der Waals surface area (Å²) in [4.78, 5) is 0. The number of nitrogens with zero attached hydrogens (tertiary/aromatic N) is 1. The van der Waals surface area contributed by atoms with Crippen LogP contribution in [0.1, 0.15) is 12.8 Å². The Labute approximate surface area is 111 Å². The molecule has 3 aliphatic heterocycles. The summed E-state index contributed by atoms with van der Waals surface area (Å²) in [7, 11) is -3.26. The van der Waals surface area contributed by atoms with Crippen LogP contribution in [0.2, 0.25) is 0 Å². The lowest BCUT2D eigenvalue weighted by atomic mass is 9.82. The van der Waals surface area contributed by atoms with Crippen molar-refractivity contribution in [1.82, 2.24) is 4.31 Å². The molecule has 0 aliphatic carbocycles. The van der Waals surface area contributed by atoms with Crippen LogP contribution in [0.4, 0.5) is 0 Å². The largest absolute Gasteiger partial charge is 0.374 e. The van der Waals surface area contributed by atoms with Crippen molar-refractivity contribution >= 4 is 21.4 Å². The zero-order valence-corrected chi connectivity index (χ0v) is 11.5. The topological polar surface area (TPSA) is 46.6 Å². The number of sulfonamides is 1. The molecule has 4 atom stereocenters. The number of hydrogen-bond donors (Lipinski definition) is 0. The summed E-state index contributed by atoms with van der Waals surface area (Å²) in [6.45, 7) is 1.29. The van der Waals surface area contributed by atoms with Crippen molar-refractivity contribution in [3.05, 3.63) is 17.5 Å². The molecule has 18 heavy (non-hydrogen) atoms. The van der Waals surface area contributed by atoms with E-state index in [0.29, 0.717) is 41.3 Å². The predicted octanol–water partition coefficient (Wildman–Crippen LogP) is 1.55. The zero-order chi connectivity index (χ0) is 12.3. The minimum absolute atomic E-state index is 0.309. The highest BCUT2D eigenvalue weighted by Crippen LogP contribution is 2.48. The van der Waals surface area contributed by atoms with Crippen molar-refractivity contribution in [2.75, 3.05) is 13.1 Å². The second-order valence-corrected chi connectivity index (χ2v) is 8.48. The van der Waals surface area contributed by atoms with Crippen LogP contribution in [0.5, 0.6) is 0 Å². The summed E-state index contributed by atoms with van der Waals surface area (Å²) in [5.74, 6) is 0.858. The van der Waals surface area contributed by atoms with Gasteiger partial charge in [0.2, 0.25) is 0 Å². The van der Waals surface area contributed by atoms with Crippen LogP contribution in [0, 0.1) is 11.8 Å². The van der Waals surface area contributed by atoms with Crippen LogP contribution in [0.3, 0.4) is 0 Å². The van der Waals surface area contributed by atoms with E-state index < -0.39 is 10.0 Å². The maximum absolute atomic E-state index is 12.5. The van der Waals surface area contributed by atoms with Gasteiger partial charge in [-0.15, -0.1) is 11.3 Å². The van der Waals surface area contributed by atoms with Gasteiger partial charge in [0.25, 0.3) is 10.0 Å². The average Bonchev–Trinajstić information content (AvgIpc) is 3.12. The van der Waals surface area contributed by atoms with Crippen molar-refractivity contribution in [2.45, 2.75) is 29.3 Å². The van der Waals surface area contributed by atoms with Gasteiger partial charge in [0.15, 0.2) is 0 Å². The number of hydrogen-bond acceptors (Lipinski definition) is 4. The Morgan fingerprint density at radius 1 is 1.22 bits per heavy atom. The monoisotopic (exact) mass is 285 g/mol. The van der Waals surface area contributed by atoms with Gasteiger partial charge in [-0.3, -0.25) is 0 Å². The number of ether oxygens (including phenoxy) is 1. The van der Waals surface area contributed by atoms with E-state index in [2.05, 4.69) is 0 Å². The third kappa shape index (κ3) is 1.46. The molecule has 4 heterocycles. The molecule has 4 unspecified atom stereocenters. The lowest BCUT2D eigenvalue weighted by Crippen LogP contribution is -2.31. The third-order valence-corrected chi connectivity index (χ3v) is 7.71. The molecular formula is C12H15NO3S2. The summed E-state index contributed by atoms with van der Waals surface area (Å²) < 4.78 is 32.9. The Bertz CT molecular complexity index is 536. The first-order valence-electron chi connectivity index (χ1n) is 6.35. The Kier molecular flexibility index (Phi) is 2.40. The second kappa shape index (κ2) is 3.79. The molecule has 4 nitrogen and oxygen atoms in total. The molecule has 0 aromatic carbocycles. The van der Waals surface area contributed by atoms with Gasteiger partial charge in [-0.05, 0) is 24.3 Å². The van der Waals surface area contributed by atoms with Gasteiger partial charge in [-0.1, -0.05) is 6.07 Å². The zero-order valence-electron chi connectivity index (χ0n) is 9.86. The number of rotatable bonds is 2. The smallest absolute Gasteiger partial charge is 0.252 e. The van der Waals surface area contributed by atoms with Gasteiger partial charge in [0, 0.05) is 24.9 Å². The fourth-order valence-electron chi connectivity index (χ4n) is 3.66. The van der Waals surface area contributed by atoms with Crippen LogP contribution in [-0.4, -0.2) is 38.0 Å². The fourth-order valence-corrected chi connectivity index (χ4v) is 6.31. The van der Waals surface area contributed by atoms with Crippen molar-refractivity contribution in [3.8, 4) is 0 Å². The van der Waals surface area contributed by atoms with Crippen LogP contribution >= 0.6 is 11.3 Å². The van der Waals surface area contributed by atoms with Crippen LogP contribution in [0.25, 0.3) is 0 Å². The highest BCUT2D eigenvalue weighted by Gasteiger charge is 2.55. The first kappa shape index (κ1) is 11.4. The molecule has 6 heteroatoms. The molecule has 4 rings (SSSR count). The summed E-state index contributed by atoms with van der Waals surface area (Å²) in [6.07, 6.45) is 2.84. The van der Waals surface area contributed by atoms with Crippen molar-refractivity contribution in [3.63, 3.8) is 0 Å². The first-order valence-corrected chi connectivity index (χ1v) is 8.67. The van der Waals surface area contributed by atoms with Gasteiger partial charge in [-0.2, -0.15) is 4.31 Å². The molecular weight excluding hydrogens is 270 g/mol. The Hall–Kier alpha value is -0.430. The molecule has 3 aliphatic rings. The van der Waals surface area contributed by atoms with Crippen LogP contribution < -0.4 is 0 Å². The molecule has 3 saturated heterocycles. The lowest BCUT2D eigenvalue weighted by molar-refractivity contribution is 0.0779. The highest BCUT2D eigenvalue weighted by molar-refractivity contribution is 7.91. The maximum Gasteiger partial charge on any atom is 0.252 e. The van der Waals surface area contributed by atoms with E-state index in [4.69, 9.17) is 4.74 Å². The summed E-state index contributed by atoms with van der Waals surface area (Å²) in [5, 5.41) is 1.82. The van der Waals surface area contributed by atoms with Crippen LogP contribution in [0.15, 0.2) is 21.7 Å². The minimum atomic E-state index is -3.26. The van der Waals surface area contributed by atoms with Gasteiger partial charge < -0.3 is 4.74 Å². The van der Waals surface area contributed by atoms with E-state index in [0.717, 1.165) is 12.8 Å². The van der Waals surface area contributed by atoms with Crippen molar-refractivity contribution in [1.29, 1.82) is 0 Å². The van der Waals surface area contributed by atoms with Gasteiger partial charge in [-0.25, -0.2) is 8.42 Å². The normalized spacial score (nSPS) is 39.3. The second-order valence-electron chi connectivity index (χ2n) is 5.37. The van der Waals surface area contributed by atoms with E-state index in [1.165, 1.54) is 11.3 Å². The molecule has 0 N–H and O–H groups in total. The first-order chi connectivity index (χ1) is 8.66. The highest BCUT2D eigenvalue weighted by atomic mass is 32.2. The molecule has 98 valence electrons. The van der Waals surface area contributed by atoms with Crippen molar-refractivity contribution < 1.29 is 13.2 Å².